The molecule has 144 valence electrons. The van der Waals surface area contributed by atoms with Crippen molar-refractivity contribution in [1.29, 1.82) is 0 Å². The molecule has 8 heteroatoms. The first-order valence-electron chi connectivity index (χ1n) is 8.81. The van der Waals surface area contributed by atoms with E-state index in [4.69, 9.17) is 0 Å². The average Bonchev–Trinajstić information content (AvgIpc) is 2.97. The summed E-state index contributed by atoms with van der Waals surface area (Å²) in [7, 11) is -1.20. The number of carbonyl (C=O) groups is 1. The molecular formula is C19H24N4O3S. The van der Waals surface area contributed by atoms with Crippen LogP contribution in [0.25, 0.3) is 0 Å². The van der Waals surface area contributed by atoms with Crippen molar-refractivity contribution in [1.82, 2.24) is 9.97 Å². The summed E-state index contributed by atoms with van der Waals surface area (Å²) in [5.41, 5.74) is 4.14. The van der Waals surface area contributed by atoms with Gasteiger partial charge in [0.2, 0.25) is 0 Å². The van der Waals surface area contributed by atoms with Crippen LogP contribution in [0.3, 0.4) is 0 Å². The van der Waals surface area contributed by atoms with Crippen LogP contribution in [0.15, 0.2) is 24.5 Å². The molecule has 1 aliphatic rings. The molecule has 0 spiro atoms. The van der Waals surface area contributed by atoms with E-state index < -0.39 is 9.84 Å². The van der Waals surface area contributed by atoms with E-state index >= 15 is 0 Å². The number of carbonyl (C=O) groups excluding carboxylic acids is 1. The van der Waals surface area contributed by atoms with E-state index in [1.54, 1.807) is 13.1 Å². The lowest BCUT2D eigenvalue weighted by Crippen LogP contribution is -2.33. The van der Waals surface area contributed by atoms with Gasteiger partial charge in [0, 0.05) is 24.8 Å². The molecule has 1 saturated heterocycles. The second kappa shape index (κ2) is 7.26. The second-order valence-electron chi connectivity index (χ2n) is 7.16. The molecule has 1 unspecified atom stereocenters. The van der Waals surface area contributed by atoms with Gasteiger partial charge in [0.25, 0.3) is 5.91 Å². The van der Waals surface area contributed by atoms with Gasteiger partial charge in [0.05, 0.1) is 11.5 Å². The van der Waals surface area contributed by atoms with Crippen molar-refractivity contribution in [3.8, 4) is 0 Å². The number of benzene rings is 1. The molecule has 0 bridgehead atoms. The lowest BCUT2D eigenvalue weighted by atomic mass is 10.0. The zero-order valence-corrected chi connectivity index (χ0v) is 16.8. The highest BCUT2D eigenvalue weighted by molar-refractivity contribution is 7.91. The number of anilines is 2. The van der Waals surface area contributed by atoms with Crippen LogP contribution in [0.4, 0.5) is 11.5 Å². The third-order valence-electron chi connectivity index (χ3n) is 4.92. The summed E-state index contributed by atoms with van der Waals surface area (Å²) in [5.74, 6) is 0.513. The molecular weight excluding hydrogens is 364 g/mol. The van der Waals surface area contributed by atoms with Gasteiger partial charge in [-0.05, 0) is 38.3 Å². The van der Waals surface area contributed by atoms with E-state index in [1.165, 1.54) is 6.33 Å². The van der Waals surface area contributed by atoms with E-state index in [1.807, 2.05) is 37.8 Å². The van der Waals surface area contributed by atoms with Crippen LogP contribution in [0.2, 0.25) is 0 Å². The molecule has 1 atom stereocenters. The Morgan fingerprint density at radius 1 is 1.15 bits per heavy atom. The Morgan fingerprint density at radius 2 is 1.81 bits per heavy atom. The maximum absolute atomic E-state index is 12.7. The monoisotopic (exact) mass is 388 g/mol. The molecule has 2 heterocycles. The SMILES string of the molecule is Cc1cc(C)c(NC(=O)c2cc(N(C)C3CCS(=O)(=O)C3)ncn2)c(C)c1. The molecule has 1 fully saturated rings. The van der Waals surface area contributed by atoms with E-state index in [9.17, 15) is 13.2 Å². The minimum absolute atomic E-state index is 0.108. The van der Waals surface area contributed by atoms with Crippen LogP contribution in [-0.4, -0.2) is 48.9 Å². The number of nitrogens with zero attached hydrogens (tertiary/aromatic N) is 3. The molecule has 3 rings (SSSR count). The standard InChI is InChI=1S/C19H24N4O3S/c1-12-7-13(2)18(14(3)8-12)22-19(24)16-9-17(21-11-20-16)23(4)15-5-6-27(25,26)10-15/h7-9,11,15H,5-6,10H2,1-4H3,(H,22,24). The largest absolute Gasteiger partial charge is 0.356 e. The summed E-state index contributed by atoms with van der Waals surface area (Å²) in [6, 6.07) is 5.49. The van der Waals surface area contributed by atoms with E-state index in [-0.39, 0.29) is 29.1 Å². The van der Waals surface area contributed by atoms with Gasteiger partial charge in [-0.3, -0.25) is 4.79 Å². The predicted octanol–water partition coefficient (Wildman–Crippen LogP) is 2.28. The van der Waals surface area contributed by atoms with Gasteiger partial charge in [-0.1, -0.05) is 17.7 Å². The van der Waals surface area contributed by atoms with Crippen molar-refractivity contribution < 1.29 is 13.2 Å². The van der Waals surface area contributed by atoms with Gasteiger partial charge in [-0.15, -0.1) is 0 Å². The van der Waals surface area contributed by atoms with Gasteiger partial charge in [-0.2, -0.15) is 0 Å². The quantitative estimate of drug-likeness (QED) is 0.864. The summed E-state index contributed by atoms with van der Waals surface area (Å²) >= 11 is 0. The van der Waals surface area contributed by atoms with Crippen LogP contribution in [0, 0.1) is 20.8 Å². The Morgan fingerprint density at radius 3 is 2.41 bits per heavy atom. The molecule has 2 aromatic rings. The maximum Gasteiger partial charge on any atom is 0.274 e. The molecule has 0 radical (unpaired) electrons. The summed E-state index contributed by atoms with van der Waals surface area (Å²) in [4.78, 5) is 22.8. The summed E-state index contributed by atoms with van der Waals surface area (Å²) in [5, 5.41) is 2.93. The second-order valence-corrected chi connectivity index (χ2v) is 9.39. The van der Waals surface area contributed by atoms with Crippen molar-refractivity contribution in [3.05, 3.63) is 46.9 Å². The predicted molar refractivity (Wildman–Crippen MR) is 106 cm³/mol. The number of aromatic nitrogens is 2. The summed E-state index contributed by atoms with van der Waals surface area (Å²) < 4.78 is 23.4. The van der Waals surface area contributed by atoms with Crippen LogP contribution in [0.5, 0.6) is 0 Å². The topological polar surface area (TPSA) is 92.3 Å². The fourth-order valence-corrected chi connectivity index (χ4v) is 5.26. The maximum atomic E-state index is 12.7. The lowest BCUT2D eigenvalue weighted by molar-refractivity contribution is 0.102. The Hall–Kier alpha value is -2.48. The Labute approximate surface area is 159 Å². The molecule has 1 aromatic heterocycles. The normalized spacial score (nSPS) is 18.3. The van der Waals surface area contributed by atoms with Crippen LogP contribution < -0.4 is 10.2 Å². The van der Waals surface area contributed by atoms with Gasteiger partial charge in [-0.25, -0.2) is 18.4 Å². The van der Waals surface area contributed by atoms with Crippen molar-refractivity contribution in [2.24, 2.45) is 0 Å². The average molecular weight is 388 g/mol. The Balaban J connectivity index is 1.80. The van der Waals surface area contributed by atoms with Crippen LogP contribution >= 0.6 is 0 Å². The first-order valence-corrected chi connectivity index (χ1v) is 10.6. The Kier molecular flexibility index (Phi) is 5.19. The molecule has 1 aliphatic heterocycles. The van der Waals surface area contributed by atoms with Gasteiger partial charge in [0.1, 0.15) is 17.8 Å². The van der Waals surface area contributed by atoms with Crippen molar-refractivity contribution in [2.75, 3.05) is 28.8 Å². The summed E-state index contributed by atoms with van der Waals surface area (Å²) in [6.07, 6.45) is 1.89. The highest BCUT2D eigenvalue weighted by Crippen LogP contribution is 2.24. The smallest absolute Gasteiger partial charge is 0.274 e. The zero-order chi connectivity index (χ0) is 19.8. The van der Waals surface area contributed by atoms with Gasteiger partial charge < -0.3 is 10.2 Å². The van der Waals surface area contributed by atoms with E-state index in [2.05, 4.69) is 15.3 Å². The molecule has 1 N–H and O–H groups in total. The number of amides is 1. The van der Waals surface area contributed by atoms with Crippen LogP contribution in [-0.2, 0) is 9.84 Å². The molecule has 27 heavy (non-hydrogen) atoms. The Bertz CT molecular complexity index is 965. The third-order valence-corrected chi connectivity index (χ3v) is 6.67. The molecule has 1 aromatic carbocycles. The molecule has 1 amide bonds. The number of sulfone groups is 1. The van der Waals surface area contributed by atoms with Crippen molar-refractivity contribution in [2.45, 2.75) is 33.2 Å². The minimum Gasteiger partial charge on any atom is -0.356 e. The number of nitrogens with one attached hydrogen (secondary N) is 1. The van der Waals surface area contributed by atoms with E-state index in [0.717, 1.165) is 22.4 Å². The van der Waals surface area contributed by atoms with E-state index in [0.29, 0.717) is 12.2 Å². The zero-order valence-electron chi connectivity index (χ0n) is 16.0. The van der Waals surface area contributed by atoms with Crippen molar-refractivity contribution in [3.63, 3.8) is 0 Å². The molecule has 0 aliphatic carbocycles. The summed E-state index contributed by atoms with van der Waals surface area (Å²) in [6.45, 7) is 5.92. The lowest BCUT2D eigenvalue weighted by Gasteiger charge is -2.24. The first-order chi connectivity index (χ1) is 12.7. The highest BCUT2D eigenvalue weighted by atomic mass is 32.2. The van der Waals surface area contributed by atoms with Gasteiger partial charge in [0.15, 0.2) is 9.84 Å². The first kappa shape index (κ1) is 19.3. The fraction of sp³-hybridized carbons (Fsp3) is 0.421. The number of rotatable bonds is 4. The molecule has 0 saturated carbocycles. The minimum atomic E-state index is -2.99. The fourth-order valence-electron chi connectivity index (χ4n) is 3.49. The third kappa shape index (κ3) is 4.27. The van der Waals surface area contributed by atoms with Crippen molar-refractivity contribution >= 4 is 27.2 Å². The number of aryl methyl sites for hydroxylation is 3. The highest BCUT2D eigenvalue weighted by Gasteiger charge is 2.31. The van der Waals surface area contributed by atoms with Gasteiger partial charge >= 0.3 is 0 Å². The number of hydrogen-bond donors (Lipinski definition) is 1. The molecule has 7 nitrogen and oxygen atoms in total. The number of hydrogen-bond acceptors (Lipinski definition) is 6. The van der Waals surface area contributed by atoms with Crippen LogP contribution in [0.1, 0.15) is 33.6 Å².